The minimum absolute atomic E-state index is 0.236. The quantitative estimate of drug-likeness (QED) is 0.193. The Morgan fingerprint density at radius 2 is 1.11 bits per heavy atom. The van der Waals surface area contributed by atoms with Crippen molar-refractivity contribution in [3.05, 3.63) is 194 Å². The van der Waals surface area contributed by atoms with Gasteiger partial charge in [-0.15, -0.1) is 0 Å². The molecule has 0 amide bonds. The Balaban J connectivity index is 1.17. The molecule has 4 atom stereocenters. The van der Waals surface area contributed by atoms with Gasteiger partial charge >= 0.3 is 0 Å². The fraction of sp³-hybridized carbons (Fsp3) is 0.156. The van der Waals surface area contributed by atoms with Crippen molar-refractivity contribution in [2.24, 2.45) is 0 Å². The van der Waals surface area contributed by atoms with Crippen molar-refractivity contribution in [3.63, 3.8) is 0 Å². The summed E-state index contributed by atoms with van der Waals surface area (Å²) in [5, 5.41) is 0. The minimum atomic E-state index is 0.236. The van der Waals surface area contributed by atoms with Crippen molar-refractivity contribution in [1.29, 1.82) is 0 Å². The fourth-order valence-electron chi connectivity index (χ4n) is 9.44. The first-order valence-electron chi connectivity index (χ1n) is 16.4. The van der Waals surface area contributed by atoms with Gasteiger partial charge in [0.1, 0.15) is 0 Å². The van der Waals surface area contributed by atoms with Crippen molar-refractivity contribution in [2.45, 2.75) is 44.4 Å². The zero-order valence-corrected chi connectivity index (χ0v) is 25.9. The van der Waals surface area contributed by atoms with E-state index in [-0.39, 0.29) is 11.8 Å². The highest BCUT2D eigenvalue weighted by molar-refractivity contribution is 5.88. The molecule has 0 saturated carbocycles. The van der Waals surface area contributed by atoms with E-state index in [0.29, 0.717) is 11.8 Å². The summed E-state index contributed by atoms with van der Waals surface area (Å²) in [4.78, 5) is 0. The first kappa shape index (κ1) is 25.4. The zero-order chi connectivity index (χ0) is 30.0. The molecule has 10 rings (SSSR count). The van der Waals surface area contributed by atoms with Gasteiger partial charge < -0.3 is 0 Å². The molecule has 45 heavy (non-hydrogen) atoms. The van der Waals surface area contributed by atoms with Crippen LogP contribution in [0.25, 0.3) is 28.3 Å². The Hall–Kier alpha value is -4.94. The maximum Gasteiger partial charge on any atom is 0.0358 e. The van der Waals surface area contributed by atoms with E-state index in [2.05, 4.69) is 148 Å². The van der Waals surface area contributed by atoms with Gasteiger partial charge in [-0.25, -0.2) is 0 Å². The molecule has 0 aliphatic heterocycles. The summed E-state index contributed by atoms with van der Waals surface area (Å²) < 4.78 is 0. The molecule has 0 fully saturated rings. The number of fused-ring (bicyclic) bond motifs is 11. The molecular formula is C45H34. The summed E-state index contributed by atoms with van der Waals surface area (Å²) in [6.07, 6.45) is 2.52. The first-order valence-corrected chi connectivity index (χ1v) is 16.4. The van der Waals surface area contributed by atoms with Crippen LogP contribution in [0, 0.1) is 13.8 Å². The van der Waals surface area contributed by atoms with Gasteiger partial charge in [-0.1, -0.05) is 134 Å². The Morgan fingerprint density at radius 3 is 1.98 bits per heavy atom. The number of hydrogen-bond donors (Lipinski definition) is 0. The SMILES string of the molecule is Cc1ccc2c(c1)-c1ccccc1C2c1cccc2c1-c1cc(C3C4=Cc5c(C)cccc5C4c4ccccc43)ccc1C2C. The molecule has 0 nitrogen and oxygen atoms in total. The number of rotatable bonds is 2. The van der Waals surface area contributed by atoms with Gasteiger partial charge in [0, 0.05) is 23.7 Å². The summed E-state index contributed by atoms with van der Waals surface area (Å²) >= 11 is 0. The monoisotopic (exact) mass is 574 g/mol. The lowest BCUT2D eigenvalue weighted by Crippen LogP contribution is -2.03. The first-order chi connectivity index (χ1) is 22.1. The molecule has 0 heteroatoms. The second-order valence-electron chi connectivity index (χ2n) is 13.7. The maximum absolute atomic E-state index is 2.57. The van der Waals surface area contributed by atoms with E-state index >= 15 is 0 Å². The largest absolute Gasteiger partial charge is 0.0619 e. The van der Waals surface area contributed by atoms with E-state index in [4.69, 9.17) is 0 Å². The third-order valence-corrected chi connectivity index (χ3v) is 11.4. The summed E-state index contributed by atoms with van der Waals surface area (Å²) in [5.41, 5.74) is 24.4. The molecule has 4 aliphatic rings. The summed E-state index contributed by atoms with van der Waals surface area (Å²) in [6.45, 7) is 6.86. The molecule has 4 aliphatic carbocycles. The Labute approximate surface area is 265 Å². The van der Waals surface area contributed by atoms with E-state index in [1.54, 1.807) is 0 Å². The molecule has 0 aromatic heterocycles. The van der Waals surface area contributed by atoms with Gasteiger partial charge in [-0.05, 0) is 109 Å². The Bertz CT molecular complexity index is 2280. The molecule has 0 saturated heterocycles. The van der Waals surface area contributed by atoms with Crippen molar-refractivity contribution in [1.82, 2.24) is 0 Å². The normalized spacial score (nSPS) is 20.9. The number of allylic oxidation sites excluding steroid dienone is 1. The number of benzene rings is 6. The molecule has 214 valence electrons. The lowest BCUT2D eigenvalue weighted by atomic mass is 9.82. The Kier molecular flexibility index (Phi) is 5.11. The van der Waals surface area contributed by atoms with Crippen LogP contribution in [0.5, 0.6) is 0 Å². The summed E-state index contributed by atoms with van der Waals surface area (Å²) in [7, 11) is 0. The molecular weight excluding hydrogens is 540 g/mol. The van der Waals surface area contributed by atoms with Gasteiger partial charge in [0.25, 0.3) is 0 Å². The van der Waals surface area contributed by atoms with Crippen molar-refractivity contribution < 1.29 is 0 Å². The van der Waals surface area contributed by atoms with Gasteiger partial charge in [-0.2, -0.15) is 0 Å². The highest BCUT2D eigenvalue weighted by atomic mass is 14.4. The van der Waals surface area contributed by atoms with E-state index in [1.165, 1.54) is 94.6 Å². The van der Waals surface area contributed by atoms with Gasteiger partial charge in [0.05, 0.1) is 0 Å². The second-order valence-corrected chi connectivity index (χ2v) is 13.7. The van der Waals surface area contributed by atoms with E-state index < -0.39 is 0 Å². The summed E-state index contributed by atoms with van der Waals surface area (Å²) in [6, 6.07) is 46.7. The molecule has 4 unspecified atom stereocenters. The smallest absolute Gasteiger partial charge is 0.0358 e. The predicted molar refractivity (Wildman–Crippen MR) is 186 cm³/mol. The van der Waals surface area contributed by atoms with Crippen LogP contribution in [0.1, 0.15) is 97.4 Å². The topological polar surface area (TPSA) is 0 Å². The molecule has 0 radical (unpaired) electrons. The van der Waals surface area contributed by atoms with Crippen molar-refractivity contribution in [2.75, 3.05) is 0 Å². The molecule has 0 N–H and O–H groups in total. The van der Waals surface area contributed by atoms with Crippen LogP contribution in [0.3, 0.4) is 0 Å². The van der Waals surface area contributed by atoms with Crippen LogP contribution in [-0.4, -0.2) is 0 Å². The molecule has 0 bridgehead atoms. The average Bonchev–Trinajstić information content (AvgIpc) is 3.78. The van der Waals surface area contributed by atoms with E-state index in [1.807, 2.05) is 0 Å². The molecule has 6 aromatic carbocycles. The predicted octanol–water partition coefficient (Wildman–Crippen LogP) is 11.3. The summed E-state index contributed by atoms with van der Waals surface area (Å²) in [5.74, 6) is 1.23. The average molecular weight is 575 g/mol. The van der Waals surface area contributed by atoms with Crippen LogP contribution >= 0.6 is 0 Å². The zero-order valence-electron chi connectivity index (χ0n) is 25.9. The minimum Gasteiger partial charge on any atom is -0.0619 e. The van der Waals surface area contributed by atoms with E-state index in [9.17, 15) is 0 Å². The highest BCUT2D eigenvalue weighted by Gasteiger charge is 2.42. The number of aryl methyl sites for hydroxylation is 2. The van der Waals surface area contributed by atoms with Crippen molar-refractivity contribution >= 4 is 6.08 Å². The van der Waals surface area contributed by atoms with Gasteiger partial charge in [0.15, 0.2) is 0 Å². The van der Waals surface area contributed by atoms with Crippen LogP contribution in [-0.2, 0) is 0 Å². The Morgan fingerprint density at radius 1 is 0.444 bits per heavy atom. The third kappa shape index (κ3) is 3.32. The number of hydrogen-bond acceptors (Lipinski definition) is 0. The van der Waals surface area contributed by atoms with Crippen molar-refractivity contribution in [3.8, 4) is 22.3 Å². The third-order valence-electron chi connectivity index (χ3n) is 11.4. The van der Waals surface area contributed by atoms with Crippen LogP contribution in [0.15, 0.2) is 127 Å². The van der Waals surface area contributed by atoms with Crippen LogP contribution in [0.2, 0.25) is 0 Å². The highest BCUT2D eigenvalue weighted by Crippen LogP contribution is 2.59. The fourth-order valence-corrected chi connectivity index (χ4v) is 9.44. The molecule has 0 spiro atoms. The van der Waals surface area contributed by atoms with Gasteiger partial charge in [0.2, 0.25) is 0 Å². The maximum atomic E-state index is 2.57. The molecule has 0 heterocycles. The van der Waals surface area contributed by atoms with Gasteiger partial charge in [-0.3, -0.25) is 0 Å². The lowest BCUT2D eigenvalue weighted by molar-refractivity contribution is 0.929. The second kappa shape index (κ2) is 9.05. The van der Waals surface area contributed by atoms with Crippen LogP contribution < -0.4 is 0 Å². The lowest BCUT2D eigenvalue weighted by Gasteiger charge is -2.20. The van der Waals surface area contributed by atoms with E-state index in [0.717, 1.165) is 0 Å². The molecule has 6 aromatic rings. The van der Waals surface area contributed by atoms with Crippen LogP contribution in [0.4, 0.5) is 0 Å². The standard InChI is InChI=1S/C45H34/c1-25-18-20-36-39(22-25)31-11-4-5-12-32(31)44(36)37-17-9-15-30-27(3)29-21-19-28(23-40(29)43(30)37)42-33-13-6-7-14-34(33)45-35-16-8-10-26(2)38(35)24-41(42)45/h4-24,27,42,44-45H,1-3H3.